The van der Waals surface area contributed by atoms with Crippen LogP contribution in [0.2, 0.25) is 0 Å². The molecule has 76 valence electrons. The predicted molar refractivity (Wildman–Crippen MR) is 66.8 cm³/mol. The molecule has 0 spiro atoms. The Kier molecular flexibility index (Phi) is 1.97. The quantitative estimate of drug-likeness (QED) is 0.551. The summed E-state index contributed by atoms with van der Waals surface area (Å²) in [6, 6.07) is 19.4. The van der Waals surface area contributed by atoms with Crippen LogP contribution in [-0.2, 0) is 0 Å². The Balaban J connectivity index is 2.61. The summed E-state index contributed by atoms with van der Waals surface area (Å²) in [5.41, 5.74) is 2.33. The van der Waals surface area contributed by atoms with E-state index in [1.807, 2.05) is 42.5 Å². The molecule has 0 bridgehead atoms. The minimum Gasteiger partial charge on any atom is -0.289 e. The van der Waals surface area contributed by atoms with Gasteiger partial charge in [-0.05, 0) is 28.6 Å². The van der Waals surface area contributed by atoms with E-state index in [2.05, 4.69) is 6.07 Å². The Labute approximate surface area is 93.3 Å². The third kappa shape index (κ3) is 1.29. The van der Waals surface area contributed by atoms with Crippen molar-refractivity contribution in [1.82, 2.24) is 0 Å². The van der Waals surface area contributed by atoms with Gasteiger partial charge in [-0.3, -0.25) is 4.79 Å². The lowest BCUT2D eigenvalue weighted by atomic mass is 10.1. The van der Waals surface area contributed by atoms with Gasteiger partial charge in [0.2, 0.25) is 0 Å². The van der Waals surface area contributed by atoms with Crippen molar-refractivity contribution in [3.8, 4) is 11.1 Å². The van der Waals surface area contributed by atoms with Crippen LogP contribution < -0.4 is 5.43 Å². The molecular formula is C15H10O. The van der Waals surface area contributed by atoms with Crippen molar-refractivity contribution in [3.63, 3.8) is 0 Å². The number of fused-ring (bicyclic) bond motifs is 3. The van der Waals surface area contributed by atoms with Crippen LogP contribution in [0.1, 0.15) is 0 Å². The SMILES string of the molecule is O=c1ccccc2c3cccccc-3cc12. The summed E-state index contributed by atoms with van der Waals surface area (Å²) in [7, 11) is 0. The second kappa shape index (κ2) is 3.46. The predicted octanol–water partition coefficient (Wildman–Crippen LogP) is 3.30. The van der Waals surface area contributed by atoms with Crippen LogP contribution >= 0.6 is 0 Å². The summed E-state index contributed by atoms with van der Waals surface area (Å²) < 4.78 is 0. The summed E-state index contributed by atoms with van der Waals surface area (Å²) in [4.78, 5) is 11.8. The normalized spacial score (nSPS) is 10.8. The van der Waals surface area contributed by atoms with Gasteiger partial charge in [0.1, 0.15) is 0 Å². The fraction of sp³-hybridized carbons (Fsp3) is 0. The highest BCUT2D eigenvalue weighted by molar-refractivity contribution is 6.01. The van der Waals surface area contributed by atoms with Crippen molar-refractivity contribution in [1.29, 1.82) is 0 Å². The highest BCUT2D eigenvalue weighted by atomic mass is 16.1. The third-order valence-electron chi connectivity index (χ3n) is 2.84. The van der Waals surface area contributed by atoms with Crippen molar-refractivity contribution in [2.24, 2.45) is 0 Å². The largest absolute Gasteiger partial charge is 0.289 e. The Morgan fingerprint density at radius 1 is 0.688 bits per heavy atom. The summed E-state index contributed by atoms with van der Waals surface area (Å²) in [5.74, 6) is 0. The molecule has 0 radical (unpaired) electrons. The van der Waals surface area contributed by atoms with Crippen LogP contribution in [0.5, 0.6) is 0 Å². The summed E-state index contributed by atoms with van der Waals surface area (Å²) in [6.07, 6.45) is 0. The molecule has 3 rings (SSSR count). The molecule has 0 saturated heterocycles. The zero-order valence-corrected chi connectivity index (χ0v) is 8.68. The number of rotatable bonds is 0. The van der Waals surface area contributed by atoms with Gasteiger partial charge in [-0.2, -0.15) is 0 Å². The Morgan fingerprint density at radius 3 is 2.38 bits per heavy atom. The van der Waals surface area contributed by atoms with Crippen LogP contribution in [0.25, 0.3) is 21.9 Å². The van der Waals surface area contributed by atoms with Gasteiger partial charge >= 0.3 is 0 Å². The molecule has 16 heavy (non-hydrogen) atoms. The first kappa shape index (κ1) is 9.10. The van der Waals surface area contributed by atoms with Gasteiger partial charge in [0.05, 0.1) is 0 Å². The molecule has 2 aliphatic carbocycles. The van der Waals surface area contributed by atoms with E-state index >= 15 is 0 Å². The maximum absolute atomic E-state index is 11.8. The van der Waals surface area contributed by atoms with Crippen molar-refractivity contribution in [2.45, 2.75) is 0 Å². The molecule has 0 aromatic heterocycles. The smallest absolute Gasteiger partial charge is 0.186 e. The highest BCUT2D eigenvalue weighted by Gasteiger charge is 2.08. The molecule has 1 nitrogen and oxygen atoms in total. The molecule has 0 heterocycles. The fourth-order valence-electron chi connectivity index (χ4n) is 2.08. The molecule has 0 fully saturated rings. The van der Waals surface area contributed by atoms with Crippen LogP contribution in [0.4, 0.5) is 0 Å². The van der Waals surface area contributed by atoms with E-state index in [4.69, 9.17) is 0 Å². The van der Waals surface area contributed by atoms with E-state index in [0.717, 1.165) is 21.9 Å². The van der Waals surface area contributed by atoms with Gasteiger partial charge < -0.3 is 0 Å². The monoisotopic (exact) mass is 206 g/mol. The second-order valence-corrected chi connectivity index (χ2v) is 3.83. The van der Waals surface area contributed by atoms with Gasteiger partial charge in [0.25, 0.3) is 0 Å². The molecule has 0 unspecified atom stereocenters. The molecule has 1 heteroatoms. The first-order valence-corrected chi connectivity index (χ1v) is 5.27. The number of hydrogen-bond acceptors (Lipinski definition) is 1. The molecule has 0 atom stereocenters. The van der Waals surface area contributed by atoms with Crippen molar-refractivity contribution < 1.29 is 0 Å². The van der Waals surface area contributed by atoms with Crippen molar-refractivity contribution in [3.05, 3.63) is 70.9 Å². The first-order valence-electron chi connectivity index (χ1n) is 5.27. The van der Waals surface area contributed by atoms with E-state index in [0.29, 0.717) is 0 Å². The van der Waals surface area contributed by atoms with Gasteiger partial charge in [-0.25, -0.2) is 0 Å². The zero-order valence-electron chi connectivity index (χ0n) is 8.68. The Morgan fingerprint density at radius 2 is 1.44 bits per heavy atom. The van der Waals surface area contributed by atoms with E-state index in [-0.39, 0.29) is 5.43 Å². The summed E-state index contributed by atoms with van der Waals surface area (Å²) in [5, 5.41) is 1.83. The van der Waals surface area contributed by atoms with E-state index in [9.17, 15) is 4.79 Å². The fourth-order valence-corrected chi connectivity index (χ4v) is 2.08. The molecule has 0 N–H and O–H groups in total. The van der Waals surface area contributed by atoms with E-state index in [1.165, 1.54) is 0 Å². The molecule has 1 aromatic rings. The molecule has 2 aliphatic rings. The zero-order chi connectivity index (χ0) is 11.0. The van der Waals surface area contributed by atoms with Gasteiger partial charge in [0.15, 0.2) is 5.43 Å². The Bertz CT molecular complexity index is 685. The van der Waals surface area contributed by atoms with Crippen molar-refractivity contribution in [2.75, 3.05) is 0 Å². The van der Waals surface area contributed by atoms with Crippen LogP contribution in [0, 0.1) is 0 Å². The minimum absolute atomic E-state index is 0.0823. The lowest BCUT2D eigenvalue weighted by molar-refractivity contribution is 1.74. The average Bonchev–Trinajstić information content (AvgIpc) is 2.47. The maximum atomic E-state index is 11.8. The number of hydrogen-bond donors (Lipinski definition) is 0. The molecule has 0 saturated carbocycles. The van der Waals surface area contributed by atoms with Crippen LogP contribution in [0.15, 0.2) is 65.5 Å². The van der Waals surface area contributed by atoms with Gasteiger partial charge in [-0.1, -0.05) is 48.5 Å². The third-order valence-corrected chi connectivity index (χ3v) is 2.84. The van der Waals surface area contributed by atoms with E-state index in [1.54, 1.807) is 12.1 Å². The summed E-state index contributed by atoms with van der Waals surface area (Å²) >= 11 is 0. The van der Waals surface area contributed by atoms with Crippen LogP contribution in [-0.4, -0.2) is 0 Å². The topological polar surface area (TPSA) is 17.1 Å². The van der Waals surface area contributed by atoms with Crippen LogP contribution in [0.3, 0.4) is 0 Å². The lowest BCUT2D eigenvalue weighted by Crippen LogP contribution is -1.91. The summed E-state index contributed by atoms with van der Waals surface area (Å²) in [6.45, 7) is 0. The van der Waals surface area contributed by atoms with E-state index < -0.39 is 0 Å². The molecule has 0 amide bonds. The highest BCUT2D eigenvalue weighted by Crippen LogP contribution is 2.30. The first-order chi connectivity index (χ1) is 7.86. The average molecular weight is 206 g/mol. The van der Waals surface area contributed by atoms with Gasteiger partial charge in [-0.15, -0.1) is 0 Å². The standard InChI is InChI=1S/C15H10O/c16-15-9-5-4-8-13-12-7-3-1-2-6-11(12)10-14(13)15/h1-10H. The van der Waals surface area contributed by atoms with Crippen molar-refractivity contribution >= 4 is 10.8 Å². The molecular weight excluding hydrogens is 196 g/mol. The molecule has 0 aliphatic heterocycles. The Hall–Kier alpha value is -2.15. The minimum atomic E-state index is 0.0823. The van der Waals surface area contributed by atoms with Gasteiger partial charge in [0, 0.05) is 5.39 Å². The lowest BCUT2D eigenvalue weighted by Gasteiger charge is -1.90. The maximum Gasteiger partial charge on any atom is 0.186 e. The molecule has 1 aromatic carbocycles. The second-order valence-electron chi connectivity index (χ2n) is 3.83.